The third-order valence-electron chi connectivity index (χ3n) is 20.9. The summed E-state index contributed by atoms with van der Waals surface area (Å²) in [7, 11) is 0. The molecule has 4 heteroatoms. The quantitative estimate of drug-likeness (QED) is 0.142. The number of nitrogens with zero attached hydrogens (tertiary/aromatic N) is 4. The molecule has 0 saturated heterocycles. The van der Waals surface area contributed by atoms with E-state index >= 15 is 0 Å². The summed E-state index contributed by atoms with van der Waals surface area (Å²) >= 11 is 0. The van der Waals surface area contributed by atoms with Crippen LogP contribution in [-0.2, 0) is 10.8 Å². The van der Waals surface area contributed by atoms with Crippen LogP contribution in [0, 0.1) is 0 Å². The van der Waals surface area contributed by atoms with Gasteiger partial charge in [-0.2, -0.15) is 0 Å². The van der Waals surface area contributed by atoms with Gasteiger partial charge in [0.2, 0.25) is 0 Å². The van der Waals surface area contributed by atoms with Gasteiger partial charge in [0.25, 0.3) is 0 Å². The van der Waals surface area contributed by atoms with Gasteiger partial charge in [0.15, 0.2) is 0 Å². The van der Waals surface area contributed by atoms with E-state index in [0.717, 1.165) is 57.9 Å². The Morgan fingerprint density at radius 2 is 0.659 bits per heavy atom. The van der Waals surface area contributed by atoms with Crippen LogP contribution in [-0.4, -0.2) is 21.0 Å². The number of hydrogen-bond acceptors (Lipinski definition) is 4. The van der Waals surface area contributed by atoms with E-state index in [1.807, 2.05) is 0 Å². The SMILES string of the molecule is CC12CCCCC1(C)N(c1ccccc1)c1ccc(-c3cccc(-c4cc(-c5ccccc5)c5ccc6c(-c7cccc(-c8ccc9c(c8)C8(C)CCCCC8(C)N9c8ccccc8)n7)cc(-c7ccccc7)c7ccc4c5c76)n3)cc12. The fraction of sp³-hybridized carbons (Fsp3) is 0.205. The van der Waals surface area contributed by atoms with Crippen molar-refractivity contribution in [3.05, 3.63) is 242 Å². The topological polar surface area (TPSA) is 32.3 Å². The average Bonchev–Trinajstić information content (AvgIpc) is 1.79. The summed E-state index contributed by atoms with van der Waals surface area (Å²) in [6.07, 6.45) is 9.62. The van der Waals surface area contributed by atoms with E-state index in [1.165, 1.54) is 127 Å². The number of fused-ring (bicyclic) bond motifs is 6. The molecule has 2 fully saturated rings. The summed E-state index contributed by atoms with van der Waals surface area (Å²) in [4.78, 5) is 16.7. The number of benzene rings is 10. The summed E-state index contributed by atoms with van der Waals surface area (Å²) in [6.45, 7) is 10.1. The Hall–Kier alpha value is -8.86. The molecule has 4 heterocycles. The first-order valence-electron chi connectivity index (χ1n) is 30.0. The molecule has 82 heavy (non-hydrogen) atoms. The molecule has 398 valence electrons. The van der Waals surface area contributed by atoms with Gasteiger partial charge in [-0.25, -0.2) is 9.97 Å². The van der Waals surface area contributed by atoms with Crippen molar-refractivity contribution in [3.63, 3.8) is 0 Å². The van der Waals surface area contributed by atoms with Crippen LogP contribution in [0.2, 0.25) is 0 Å². The molecule has 16 rings (SSSR count). The predicted molar refractivity (Wildman–Crippen MR) is 344 cm³/mol. The van der Waals surface area contributed by atoms with Crippen molar-refractivity contribution >= 4 is 55.1 Å². The van der Waals surface area contributed by atoms with Crippen LogP contribution in [0.5, 0.6) is 0 Å². The van der Waals surface area contributed by atoms with Crippen molar-refractivity contribution in [2.75, 3.05) is 9.80 Å². The molecule has 12 aromatic rings. The second-order valence-corrected chi connectivity index (χ2v) is 25.0. The van der Waals surface area contributed by atoms with Gasteiger partial charge in [-0.15, -0.1) is 0 Å². The molecule has 2 aliphatic carbocycles. The lowest BCUT2D eigenvalue weighted by molar-refractivity contribution is 0.195. The van der Waals surface area contributed by atoms with E-state index < -0.39 is 0 Å². The van der Waals surface area contributed by atoms with E-state index in [0.29, 0.717) is 0 Å². The number of hydrogen-bond donors (Lipinski definition) is 0. The minimum absolute atomic E-state index is 0.00231. The van der Waals surface area contributed by atoms with Crippen molar-refractivity contribution < 1.29 is 0 Å². The zero-order valence-electron chi connectivity index (χ0n) is 47.4. The number of aromatic nitrogens is 2. The van der Waals surface area contributed by atoms with Crippen molar-refractivity contribution in [1.29, 1.82) is 0 Å². The Kier molecular flexibility index (Phi) is 11.0. The van der Waals surface area contributed by atoms with Gasteiger partial charge in [0, 0.05) is 55.8 Å². The molecule has 4 atom stereocenters. The highest BCUT2D eigenvalue weighted by Crippen LogP contribution is 2.63. The van der Waals surface area contributed by atoms with Crippen LogP contribution in [0.4, 0.5) is 22.7 Å². The molecule has 0 radical (unpaired) electrons. The molecule has 0 bridgehead atoms. The standard InChI is InChI=1S/C78H66N4/c1-75-43-17-19-45-77(75,3)81(55-27-13-7-14-28-55)71-41-35-53(47-65(71)75)67-31-21-33-69(79-67)63-49-61(51-23-9-5-10-24-51)57-38-40-60-64(50-62(52-25-11-6-12-26-52)58-37-39-59(63)73(57)74(58)60)70-34-22-32-68(80-70)54-36-42-72-66(48-54)76(2)44-18-20-46-78(76,4)82(72)56-29-15-8-16-30-56/h5-16,21-42,47-50H,17-20,43-46H2,1-4H3. The predicted octanol–water partition coefficient (Wildman–Crippen LogP) is 20.9. The fourth-order valence-electron chi connectivity index (χ4n) is 16.4. The van der Waals surface area contributed by atoms with Crippen LogP contribution in [0.15, 0.2) is 231 Å². The number of anilines is 4. The van der Waals surface area contributed by atoms with Crippen LogP contribution < -0.4 is 9.80 Å². The first kappa shape index (κ1) is 49.0. The highest BCUT2D eigenvalue weighted by Gasteiger charge is 2.59. The Morgan fingerprint density at radius 1 is 0.305 bits per heavy atom. The molecule has 0 spiro atoms. The minimum Gasteiger partial charge on any atom is -0.334 e. The number of rotatable bonds is 8. The first-order valence-corrected chi connectivity index (χ1v) is 30.0. The van der Waals surface area contributed by atoms with E-state index in [4.69, 9.17) is 9.97 Å². The first-order chi connectivity index (χ1) is 40.1. The molecular formula is C78H66N4. The molecule has 4 aliphatic rings. The van der Waals surface area contributed by atoms with E-state index in [2.05, 4.69) is 268 Å². The van der Waals surface area contributed by atoms with Gasteiger partial charge in [0.05, 0.1) is 33.9 Å². The van der Waals surface area contributed by atoms with Crippen molar-refractivity contribution in [1.82, 2.24) is 9.97 Å². The largest absolute Gasteiger partial charge is 0.334 e. The molecular weight excluding hydrogens is 993 g/mol. The summed E-state index contributed by atoms with van der Waals surface area (Å²) in [5.41, 5.74) is 21.3. The third-order valence-corrected chi connectivity index (χ3v) is 20.9. The fourth-order valence-corrected chi connectivity index (χ4v) is 16.4. The Morgan fingerprint density at radius 3 is 1.06 bits per heavy atom. The maximum absolute atomic E-state index is 5.69. The highest BCUT2D eigenvalue weighted by molar-refractivity contribution is 6.31. The monoisotopic (exact) mass is 1060 g/mol. The molecule has 2 aromatic heterocycles. The van der Waals surface area contributed by atoms with Crippen LogP contribution in [0.3, 0.4) is 0 Å². The van der Waals surface area contributed by atoms with Gasteiger partial charge in [-0.05, 0) is 190 Å². The van der Waals surface area contributed by atoms with Crippen LogP contribution in [0.1, 0.15) is 90.2 Å². The van der Waals surface area contributed by atoms with E-state index in [-0.39, 0.29) is 21.9 Å². The summed E-state index contributed by atoms with van der Waals surface area (Å²) in [5.74, 6) is 0. The molecule has 10 aromatic carbocycles. The second-order valence-electron chi connectivity index (χ2n) is 25.0. The smallest absolute Gasteiger partial charge is 0.0715 e. The van der Waals surface area contributed by atoms with Gasteiger partial charge < -0.3 is 9.80 Å². The molecule has 2 saturated carbocycles. The van der Waals surface area contributed by atoms with Gasteiger partial charge in [-0.3, -0.25) is 0 Å². The normalized spacial score (nSPS) is 21.9. The molecule has 0 amide bonds. The third kappa shape index (κ3) is 7.03. The maximum Gasteiger partial charge on any atom is 0.0715 e. The second kappa shape index (κ2) is 18.3. The Labute approximate surface area is 482 Å². The lowest BCUT2D eigenvalue weighted by atomic mass is 9.61. The van der Waals surface area contributed by atoms with Crippen molar-refractivity contribution in [2.45, 2.75) is 101 Å². The van der Waals surface area contributed by atoms with E-state index in [9.17, 15) is 0 Å². The van der Waals surface area contributed by atoms with Gasteiger partial charge >= 0.3 is 0 Å². The lowest BCUT2D eigenvalue weighted by Crippen LogP contribution is -2.54. The van der Waals surface area contributed by atoms with Gasteiger partial charge in [-0.1, -0.05) is 185 Å². The van der Waals surface area contributed by atoms with Crippen molar-refractivity contribution in [2.24, 2.45) is 0 Å². The van der Waals surface area contributed by atoms with E-state index in [1.54, 1.807) is 0 Å². The lowest BCUT2D eigenvalue weighted by Gasteiger charge is -2.50. The van der Waals surface area contributed by atoms with Crippen LogP contribution >= 0.6 is 0 Å². The van der Waals surface area contributed by atoms with Crippen molar-refractivity contribution in [3.8, 4) is 67.3 Å². The van der Waals surface area contributed by atoms with Gasteiger partial charge in [0.1, 0.15) is 0 Å². The summed E-state index contributed by atoms with van der Waals surface area (Å²) < 4.78 is 0. The average molecular weight is 1060 g/mol. The maximum atomic E-state index is 5.69. The zero-order chi connectivity index (χ0) is 55.0. The highest BCUT2D eigenvalue weighted by atomic mass is 15.3. The Balaban J connectivity index is 0.873. The Bertz CT molecular complexity index is 4190. The molecule has 4 unspecified atom stereocenters. The number of pyridine rings is 2. The molecule has 2 aliphatic heterocycles. The zero-order valence-corrected chi connectivity index (χ0v) is 47.4. The van der Waals surface area contributed by atoms with Crippen LogP contribution in [0.25, 0.3) is 99.6 Å². The summed E-state index contributed by atoms with van der Waals surface area (Å²) in [6, 6.07) is 86.0. The molecule has 4 nitrogen and oxygen atoms in total. The molecule has 0 N–H and O–H groups in total. The summed E-state index contributed by atoms with van der Waals surface area (Å²) in [5, 5.41) is 7.35. The number of para-hydroxylation sites is 2. The minimum atomic E-state index is -0.0262.